The zero-order valence-corrected chi connectivity index (χ0v) is 8.12. The Labute approximate surface area is 79.0 Å². The summed E-state index contributed by atoms with van der Waals surface area (Å²) in [6.07, 6.45) is 2.51. The van der Waals surface area contributed by atoms with Gasteiger partial charge in [-0.25, -0.2) is 0 Å². The highest BCUT2D eigenvalue weighted by molar-refractivity contribution is 5.69. The van der Waals surface area contributed by atoms with Gasteiger partial charge in [-0.3, -0.25) is 9.69 Å². The summed E-state index contributed by atoms with van der Waals surface area (Å²) in [7, 11) is 0. The van der Waals surface area contributed by atoms with E-state index in [-0.39, 0.29) is 6.54 Å². The van der Waals surface area contributed by atoms with Gasteiger partial charge in [-0.05, 0) is 25.7 Å². The summed E-state index contributed by atoms with van der Waals surface area (Å²) in [6, 6.07) is 0. The fourth-order valence-corrected chi connectivity index (χ4v) is 1.42. The molecule has 0 aliphatic heterocycles. The third-order valence-corrected chi connectivity index (χ3v) is 2.07. The Kier molecular flexibility index (Phi) is 3.48. The van der Waals surface area contributed by atoms with Crippen molar-refractivity contribution in [3.8, 4) is 0 Å². The maximum atomic E-state index is 10.5. The van der Waals surface area contributed by atoms with Crippen LogP contribution in [0.25, 0.3) is 0 Å². The third-order valence-electron chi connectivity index (χ3n) is 2.07. The van der Waals surface area contributed by atoms with Crippen LogP contribution < -0.4 is 0 Å². The lowest BCUT2D eigenvalue weighted by molar-refractivity contribution is -0.138. The lowest BCUT2D eigenvalue weighted by atomic mass is 10.3. The van der Waals surface area contributed by atoms with Gasteiger partial charge in [-0.15, -0.1) is 0 Å². The van der Waals surface area contributed by atoms with Crippen LogP contribution in [0.15, 0.2) is 12.2 Å². The monoisotopic (exact) mass is 183 g/mol. The Morgan fingerprint density at radius 2 is 2.15 bits per heavy atom. The number of carboxylic acid groups (broad SMARTS) is 1. The second-order valence-corrected chi connectivity index (χ2v) is 3.96. The summed E-state index contributed by atoms with van der Waals surface area (Å²) in [5, 5.41) is 8.66. The standard InChI is InChI=1S/C10H17NO2/c1-8(2)5-11(7-10(12)13)6-9-3-4-9/h9H,1,3-7H2,2H3,(H,12,13). The first-order valence-corrected chi connectivity index (χ1v) is 4.66. The molecule has 0 aromatic heterocycles. The van der Waals surface area contributed by atoms with Gasteiger partial charge in [0.1, 0.15) is 0 Å². The predicted octanol–water partition coefficient (Wildman–Crippen LogP) is 1.36. The van der Waals surface area contributed by atoms with Crippen molar-refractivity contribution in [3.05, 3.63) is 12.2 Å². The molecule has 3 nitrogen and oxygen atoms in total. The van der Waals surface area contributed by atoms with E-state index >= 15 is 0 Å². The van der Waals surface area contributed by atoms with Crippen LogP contribution in [0.1, 0.15) is 19.8 Å². The van der Waals surface area contributed by atoms with Crippen molar-refractivity contribution in [2.75, 3.05) is 19.6 Å². The zero-order valence-electron chi connectivity index (χ0n) is 8.12. The first-order chi connectivity index (χ1) is 6.08. The molecule has 1 N–H and O–H groups in total. The van der Waals surface area contributed by atoms with E-state index < -0.39 is 5.97 Å². The Hall–Kier alpha value is -0.830. The van der Waals surface area contributed by atoms with E-state index in [1.807, 2.05) is 11.8 Å². The predicted molar refractivity (Wildman–Crippen MR) is 51.6 cm³/mol. The van der Waals surface area contributed by atoms with Gasteiger partial charge in [0.05, 0.1) is 6.54 Å². The van der Waals surface area contributed by atoms with Gasteiger partial charge >= 0.3 is 5.97 Å². The van der Waals surface area contributed by atoms with E-state index in [0.29, 0.717) is 6.54 Å². The summed E-state index contributed by atoms with van der Waals surface area (Å²) in [4.78, 5) is 12.5. The quantitative estimate of drug-likeness (QED) is 0.632. The molecule has 1 aliphatic rings. The maximum Gasteiger partial charge on any atom is 0.317 e. The molecule has 0 radical (unpaired) electrons. The molecule has 1 saturated carbocycles. The Bertz CT molecular complexity index is 193. The van der Waals surface area contributed by atoms with Crippen molar-refractivity contribution < 1.29 is 9.90 Å². The molecule has 0 saturated heterocycles. The largest absolute Gasteiger partial charge is 0.480 e. The molecule has 0 unspecified atom stereocenters. The van der Waals surface area contributed by atoms with Crippen molar-refractivity contribution >= 4 is 5.97 Å². The lowest BCUT2D eigenvalue weighted by Gasteiger charge is -2.19. The molecular weight excluding hydrogens is 166 g/mol. The van der Waals surface area contributed by atoms with Gasteiger partial charge in [0, 0.05) is 13.1 Å². The van der Waals surface area contributed by atoms with Crippen molar-refractivity contribution in [1.82, 2.24) is 4.90 Å². The highest BCUT2D eigenvalue weighted by atomic mass is 16.4. The van der Waals surface area contributed by atoms with Crippen LogP contribution in [0.2, 0.25) is 0 Å². The average Bonchev–Trinajstić information content (AvgIpc) is 2.67. The molecule has 3 heteroatoms. The van der Waals surface area contributed by atoms with Crippen molar-refractivity contribution in [2.45, 2.75) is 19.8 Å². The number of rotatable bonds is 6. The third kappa shape index (κ3) is 4.68. The van der Waals surface area contributed by atoms with Crippen LogP contribution in [0.4, 0.5) is 0 Å². The molecule has 1 aliphatic carbocycles. The van der Waals surface area contributed by atoms with Gasteiger partial charge in [0.25, 0.3) is 0 Å². The highest BCUT2D eigenvalue weighted by Gasteiger charge is 2.24. The lowest BCUT2D eigenvalue weighted by Crippen LogP contribution is -2.32. The Morgan fingerprint density at radius 3 is 2.54 bits per heavy atom. The van der Waals surface area contributed by atoms with Gasteiger partial charge in [-0.1, -0.05) is 12.2 Å². The van der Waals surface area contributed by atoms with Crippen LogP contribution >= 0.6 is 0 Å². The SMILES string of the molecule is C=C(C)CN(CC(=O)O)CC1CC1. The molecule has 74 valence electrons. The minimum atomic E-state index is -0.748. The van der Waals surface area contributed by atoms with Gasteiger partial charge in [0.2, 0.25) is 0 Å². The van der Waals surface area contributed by atoms with Gasteiger partial charge in [0.15, 0.2) is 0 Å². The second-order valence-electron chi connectivity index (χ2n) is 3.96. The summed E-state index contributed by atoms with van der Waals surface area (Å²) < 4.78 is 0. The number of carbonyl (C=O) groups is 1. The topological polar surface area (TPSA) is 40.5 Å². The number of aliphatic carboxylic acids is 1. The van der Waals surface area contributed by atoms with Crippen LogP contribution in [-0.4, -0.2) is 35.6 Å². The smallest absolute Gasteiger partial charge is 0.317 e. The number of hydrogen-bond acceptors (Lipinski definition) is 2. The van der Waals surface area contributed by atoms with E-state index in [2.05, 4.69) is 6.58 Å². The normalized spacial score (nSPS) is 16.2. The molecule has 1 fully saturated rings. The van der Waals surface area contributed by atoms with Crippen molar-refractivity contribution in [3.63, 3.8) is 0 Å². The highest BCUT2D eigenvalue weighted by Crippen LogP contribution is 2.29. The van der Waals surface area contributed by atoms with E-state index in [1.54, 1.807) is 0 Å². The molecule has 0 amide bonds. The number of hydrogen-bond donors (Lipinski definition) is 1. The zero-order chi connectivity index (χ0) is 9.84. The molecule has 0 atom stereocenters. The maximum absolute atomic E-state index is 10.5. The fraction of sp³-hybridized carbons (Fsp3) is 0.700. The number of nitrogens with zero attached hydrogens (tertiary/aromatic N) is 1. The van der Waals surface area contributed by atoms with Crippen molar-refractivity contribution in [1.29, 1.82) is 0 Å². The van der Waals surface area contributed by atoms with Crippen molar-refractivity contribution in [2.24, 2.45) is 5.92 Å². The molecular formula is C10H17NO2. The molecule has 0 aromatic carbocycles. The molecule has 0 bridgehead atoms. The summed E-state index contributed by atoms with van der Waals surface area (Å²) in [6.45, 7) is 7.50. The van der Waals surface area contributed by atoms with Crippen LogP contribution in [0.3, 0.4) is 0 Å². The van der Waals surface area contributed by atoms with Gasteiger partial charge in [-0.2, -0.15) is 0 Å². The van der Waals surface area contributed by atoms with Gasteiger partial charge < -0.3 is 5.11 Å². The second kappa shape index (κ2) is 4.42. The summed E-state index contributed by atoms with van der Waals surface area (Å²) >= 11 is 0. The summed E-state index contributed by atoms with van der Waals surface area (Å²) in [5.41, 5.74) is 1.03. The van der Waals surface area contributed by atoms with E-state index in [4.69, 9.17) is 5.11 Å². The first kappa shape index (κ1) is 10.3. The van der Waals surface area contributed by atoms with E-state index in [1.165, 1.54) is 12.8 Å². The molecule has 13 heavy (non-hydrogen) atoms. The first-order valence-electron chi connectivity index (χ1n) is 4.66. The van der Waals surface area contributed by atoms with E-state index in [0.717, 1.165) is 18.0 Å². The molecule has 1 rings (SSSR count). The molecule has 0 spiro atoms. The van der Waals surface area contributed by atoms with Crippen LogP contribution in [-0.2, 0) is 4.79 Å². The Balaban J connectivity index is 2.32. The minimum absolute atomic E-state index is 0.142. The number of carboxylic acids is 1. The Morgan fingerprint density at radius 1 is 1.54 bits per heavy atom. The fourth-order valence-electron chi connectivity index (χ4n) is 1.42. The van der Waals surface area contributed by atoms with E-state index in [9.17, 15) is 4.79 Å². The van der Waals surface area contributed by atoms with Crippen LogP contribution in [0.5, 0.6) is 0 Å². The summed E-state index contributed by atoms with van der Waals surface area (Å²) in [5.74, 6) is -0.0133. The minimum Gasteiger partial charge on any atom is -0.480 e. The molecule has 0 heterocycles. The van der Waals surface area contributed by atoms with Crippen LogP contribution in [0, 0.1) is 5.92 Å². The molecule has 0 aromatic rings. The average molecular weight is 183 g/mol.